The summed E-state index contributed by atoms with van der Waals surface area (Å²) in [6, 6.07) is 14.1. The Hall–Kier alpha value is -3.29. The first-order valence-electron chi connectivity index (χ1n) is 14.7. The molecule has 0 spiro atoms. The average molecular weight is 576 g/mol. The molecule has 2 atom stereocenters. The number of piperidine rings is 1. The Bertz CT molecular complexity index is 1590. The Morgan fingerprint density at radius 1 is 1.20 bits per heavy atom. The van der Waals surface area contributed by atoms with Gasteiger partial charge in [0, 0.05) is 34.9 Å². The molecule has 1 fully saturated rings. The van der Waals surface area contributed by atoms with Crippen LogP contribution in [0.1, 0.15) is 82.9 Å². The van der Waals surface area contributed by atoms with Gasteiger partial charge in [0.15, 0.2) is 5.82 Å². The zero-order chi connectivity index (χ0) is 29.1. The number of aryl methyl sites for hydroxylation is 1. The Kier molecular flexibility index (Phi) is 9.05. The van der Waals surface area contributed by atoms with Crippen LogP contribution in [0.5, 0.6) is 0 Å². The molecule has 3 N–H and O–H groups in total. The van der Waals surface area contributed by atoms with E-state index in [9.17, 15) is 4.79 Å². The highest BCUT2D eigenvalue weighted by atomic mass is 35.5. The van der Waals surface area contributed by atoms with Gasteiger partial charge in [0.2, 0.25) is 0 Å². The summed E-state index contributed by atoms with van der Waals surface area (Å²) in [5.74, 6) is 0.126. The van der Waals surface area contributed by atoms with E-state index in [-0.39, 0.29) is 11.1 Å². The Labute approximate surface area is 245 Å². The highest BCUT2D eigenvalue weighted by Gasteiger charge is 2.22. The summed E-state index contributed by atoms with van der Waals surface area (Å²) in [6.07, 6.45) is 9.85. The summed E-state index contributed by atoms with van der Waals surface area (Å²) in [6.45, 7) is 6.25. The maximum atomic E-state index is 15.1. The zero-order valence-corrected chi connectivity index (χ0v) is 24.8. The molecule has 2 aromatic heterocycles. The average Bonchev–Trinajstić information content (AvgIpc) is 3.36. The molecular formula is C33H39ClFN5O. The third-order valence-corrected chi connectivity index (χ3v) is 8.33. The van der Waals surface area contributed by atoms with Crippen molar-refractivity contribution in [2.75, 3.05) is 0 Å². The first kappa shape index (κ1) is 29.2. The Balaban J connectivity index is 1.37. The van der Waals surface area contributed by atoms with Gasteiger partial charge in [0.25, 0.3) is 0 Å². The van der Waals surface area contributed by atoms with Gasteiger partial charge in [-0.2, -0.15) is 4.98 Å². The van der Waals surface area contributed by atoms with Crippen LogP contribution in [-0.2, 0) is 6.42 Å². The molecule has 0 aliphatic carbocycles. The van der Waals surface area contributed by atoms with Crippen LogP contribution in [-0.4, -0.2) is 26.3 Å². The number of nitrogens with zero attached hydrogens (tertiary/aromatic N) is 2. The molecule has 2 aromatic carbocycles. The molecule has 0 unspecified atom stereocenters. The molecule has 0 radical (unpaired) electrons. The minimum atomic E-state index is -0.483. The molecule has 1 aliphatic rings. The van der Waals surface area contributed by atoms with Gasteiger partial charge >= 0.3 is 5.69 Å². The number of nitrogens with one attached hydrogen (secondary N) is 3. The van der Waals surface area contributed by atoms with Gasteiger partial charge in [0.05, 0.1) is 16.4 Å². The topological polar surface area (TPSA) is 86.6 Å². The van der Waals surface area contributed by atoms with Gasteiger partial charge in [-0.3, -0.25) is 4.57 Å². The molecular weight excluding hydrogens is 537 g/mol. The second-order valence-corrected chi connectivity index (χ2v) is 12.3. The van der Waals surface area contributed by atoms with Crippen LogP contribution in [0.2, 0.25) is 5.02 Å². The van der Waals surface area contributed by atoms with Gasteiger partial charge in [-0.15, -0.1) is 0 Å². The standard InChI is InChI=1S/C33H39ClFN5O/c1-20(2)6-4-7-22-16-27(31(35)28(34)17-22)30-18-24-19-40(33(41)39-32(24)38-30)26-14-11-23(12-15-26)29-9-5-8-25(37-29)13-10-21(3)36/h11-12,14-20,25,29,36-37H,4-10,13H2,1-3H3,(H,38,39,41)/t25-,29-/m0/s1. The normalized spacial score (nSPS) is 17.4. The number of hydrogen-bond donors (Lipinski definition) is 3. The maximum absolute atomic E-state index is 15.1. The SMILES string of the molecule is CC(=N)CC[C@@H]1CCC[C@@H](c2ccc(-n3cc4cc(-c5cc(CCCC(C)C)cc(Cl)c5F)[nH]c4nc3=O)cc2)N1. The van der Waals surface area contributed by atoms with E-state index in [1.54, 1.807) is 12.3 Å². The van der Waals surface area contributed by atoms with Gasteiger partial charge in [-0.1, -0.05) is 50.4 Å². The lowest BCUT2D eigenvalue weighted by atomic mass is 9.91. The number of fused-ring (bicyclic) bond motifs is 1. The molecule has 216 valence electrons. The zero-order valence-electron chi connectivity index (χ0n) is 24.1. The van der Waals surface area contributed by atoms with E-state index in [1.807, 2.05) is 31.2 Å². The molecule has 8 heteroatoms. The van der Waals surface area contributed by atoms with Crippen LogP contribution in [0.4, 0.5) is 4.39 Å². The second-order valence-electron chi connectivity index (χ2n) is 11.9. The van der Waals surface area contributed by atoms with Gasteiger partial charge in [0.1, 0.15) is 5.65 Å². The number of aromatic amines is 1. The predicted octanol–water partition coefficient (Wildman–Crippen LogP) is 8.16. The summed E-state index contributed by atoms with van der Waals surface area (Å²) in [4.78, 5) is 20.4. The van der Waals surface area contributed by atoms with E-state index >= 15 is 4.39 Å². The number of benzene rings is 2. The van der Waals surface area contributed by atoms with E-state index in [4.69, 9.17) is 17.0 Å². The summed E-state index contributed by atoms with van der Waals surface area (Å²) in [5.41, 5.74) is 4.56. The number of hydrogen-bond acceptors (Lipinski definition) is 4. The first-order valence-corrected chi connectivity index (χ1v) is 15.1. The van der Waals surface area contributed by atoms with Crippen molar-refractivity contribution in [3.8, 4) is 16.9 Å². The lowest BCUT2D eigenvalue weighted by molar-refractivity contribution is 0.315. The van der Waals surface area contributed by atoms with Crippen molar-refractivity contribution >= 4 is 28.3 Å². The molecule has 5 rings (SSSR count). The molecule has 0 saturated carbocycles. The van der Waals surface area contributed by atoms with Crippen LogP contribution in [0.25, 0.3) is 28.0 Å². The van der Waals surface area contributed by atoms with Gasteiger partial charge < -0.3 is 15.7 Å². The number of halogens is 2. The molecule has 6 nitrogen and oxygen atoms in total. The fraction of sp³-hybridized carbons (Fsp3) is 0.424. The van der Waals surface area contributed by atoms with E-state index in [0.29, 0.717) is 34.3 Å². The lowest BCUT2D eigenvalue weighted by Crippen LogP contribution is -2.37. The van der Waals surface area contributed by atoms with E-state index in [0.717, 1.165) is 68.3 Å². The molecule has 4 aromatic rings. The number of aromatic nitrogens is 3. The monoisotopic (exact) mass is 575 g/mol. The fourth-order valence-electron chi connectivity index (χ4n) is 5.79. The van der Waals surface area contributed by atoms with Crippen molar-refractivity contribution in [3.05, 3.63) is 81.1 Å². The number of H-pyrrole nitrogens is 1. The molecule has 0 bridgehead atoms. The van der Waals surface area contributed by atoms with E-state index in [2.05, 4.69) is 41.3 Å². The lowest BCUT2D eigenvalue weighted by Gasteiger charge is -2.31. The summed E-state index contributed by atoms with van der Waals surface area (Å²) in [5, 5.41) is 12.3. The minimum Gasteiger partial charge on any atom is -0.339 e. The molecule has 0 amide bonds. The Morgan fingerprint density at radius 3 is 2.71 bits per heavy atom. The second kappa shape index (κ2) is 12.7. The highest BCUT2D eigenvalue weighted by Crippen LogP contribution is 2.32. The van der Waals surface area contributed by atoms with Crippen molar-refractivity contribution in [2.45, 2.75) is 84.2 Å². The van der Waals surface area contributed by atoms with E-state index < -0.39 is 11.5 Å². The van der Waals surface area contributed by atoms with Gasteiger partial charge in [-0.05, 0) is 92.8 Å². The number of rotatable bonds is 10. The molecule has 1 saturated heterocycles. The summed E-state index contributed by atoms with van der Waals surface area (Å²) in [7, 11) is 0. The van der Waals surface area contributed by atoms with Crippen LogP contribution in [0.15, 0.2) is 53.5 Å². The third kappa shape index (κ3) is 6.96. The van der Waals surface area contributed by atoms with Crippen molar-refractivity contribution in [3.63, 3.8) is 0 Å². The molecule has 1 aliphatic heterocycles. The van der Waals surface area contributed by atoms with Crippen molar-refractivity contribution in [1.29, 1.82) is 5.41 Å². The third-order valence-electron chi connectivity index (χ3n) is 8.06. The first-order chi connectivity index (χ1) is 19.7. The largest absolute Gasteiger partial charge is 0.354 e. The van der Waals surface area contributed by atoms with Crippen molar-refractivity contribution < 1.29 is 4.39 Å². The van der Waals surface area contributed by atoms with Crippen molar-refractivity contribution in [1.82, 2.24) is 19.9 Å². The quantitative estimate of drug-likeness (QED) is 0.167. The van der Waals surface area contributed by atoms with Gasteiger partial charge in [-0.25, -0.2) is 9.18 Å². The Morgan fingerprint density at radius 2 is 1.98 bits per heavy atom. The summed E-state index contributed by atoms with van der Waals surface area (Å²) < 4.78 is 16.6. The maximum Gasteiger partial charge on any atom is 0.354 e. The van der Waals surface area contributed by atoms with Crippen LogP contribution < -0.4 is 11.0 Å². The molecule has 3 heterocycles. The predicted molar refractivity (Wildman–Crippen MR) is 166 cm³/mol. The van der Waals surface area contributed by atoms with E-state index in [1.165, 1.54) is 10.1 Å². The molecule has 41 heavy (non-hydrogen) atoms. The van der Waals surface area contributed by atoms with Crippen LogP contribution in [0.3, 0.4) is 0 Å². The minimum absolute atomic E-state index is 0.0944. The highest BCUT2D eigenvalue weighted by molar-refractivity contribution is 6.31. The smallest absolute Gasteiger partial charge is 0.339 e. The fourth-order valence-corrected chi connectivity index (χ4v) is 6.03. The van der Waals surface area contributed by atoms with Crippen LogP contribution in [0, 0.1) is 17.1 Å². The van der Waals surface area contributed by atoms with Crippen molar-refractivity contribution in [2.24, 2.45) is 5.92 Å². The van der Waals surface area contributed by atoms with Crippen LogP contribution >= 0.6 is 11.6 Å². The summed E-state index contributed by atoms with van der Waals surface area (Å²) >= 11 is 6.27.